The van der Waals surface area contributed by atoms with E-state index in [-0.39, 0.29) is 6.04 Å². The van der Waals surface area contributed by atoms with Gasteiger partial charge in [0.2, 0.25) is 0 Å². The lowest BCUT2D eigenvalue weighted by molar-refractivity contribution is 0.642. The highest BCUT2D eigenvalue weighted by Crippen LogP contribution is 2.29. The van der Waals surface area contributed by atoms with E-state index in [4.69, 9.17) is 0 Å². The fourth-order valence-electron chi connectivity index (χ4n) is 2.81. The predicted octanol–water partition coefficient (Wildman–Crippen LogP) is 5.26. The Morgan fingerprint density at radius 2 is 1.81 bits per heavy atom. The Hall–Kier alpha value is -1.12. The molecule has 1 atom stereocenters. The van der Waals surface area contributed by atoms with Crippen LogP contribution < -0.4 is 5.32 Å². The topological polar surface area (TPSA) is 12.0 Å². The van der Waals surface area contributed by atoms with E-state index in [0.717, 1.165) is 6.42 Å². The van der Waals surface area contributed by atoms with Gasteiger partial charge in [0.1, 0.15) is 0 Å². The van der Waals surface area contributed by atoms with E-state index in [9.17, 15) is 0 Å². The van der Waals surface area contributed by atoms with Crippen molar-refractivity contribution in [3.05, 3.63) is 69.2 Å². The van der Waals surface area contributed by atoms with Crippen molar-refractivity contribution in [2.75, 3.05) is 7.05 Å². The van der Waals surface area contributed by atoms with Crippen LogP contribution >= 0.6 is 15.9 Å². The molecule has 2 rings (SSSR count). The van der Waals surface area contributed by atoms with Crippen LogP contribution in [0.5, 0.6) is 0 Å². The van der Waals surface area contributed by atoms with Crippen LogP contribution in [0.2, 0.25) is 0 Å². The van der Waals surface area contributed by atoms with Gasteiger partial charge in [-0.25, -0.2) is 0 Å². The lowest BCUT2D eigenvalue weighted by Crippen LogP contribution is -2.19. The summed E-state index contributed by atoms with van der Waals surface area (Å²) in [5.74, 6) is 0.681. The number of halogens is 1. The van der Waals surface area contributed by atoms with Crippen LogP contribution in [0, 0.1) is 12.8 Å². The highest BCUT2D eigenvalue weighted by molar-refractivity contribution is 9.10. The monoisotopic (exact) mass is 345 g/mol. The van der Waals surface area contributed by atoms with Gasteiger partial charge in [-0.05, 0) is 54.6 Å². The standard InChI is InChI=1S/C19H24BrN/c1-13(2)11-15-7-5-8-16(12-15)19(21-4)17-9-6-10-18(20)14(17)3/h5-10,12-13,19,21H,11H2,1-4H3. The normalized spacial score (nSPS) is 12.7. The summed E-state index contributed by atoms with van der Waals surface area (Å²) in [4.78, 5) is 0. The molecule has 0 aliphatic heterocycles. The maximum Gasteiger partial charge on any atom is 0.0577 e. The Labute approximate surface area is 136 Å². The summed E-state index contributed by atoms with van der Waals surface area (Å²) in [6.07, 6.45) is 1.13. The molecule has 0 aliphatic rings. The van der Waals surface area contributed by atoms with Crippen LogP contribution in [0.4, 0.5) is 0 Å². The quantitative estimate of drug-likeness (QED) is 0.778. The van der Waals surface area contributed by atoms with Crippen LogP contribution in [-0.4, -0.2) is 7.05 Å². The molecule has 0 spiro atoms. The van der Waals surface area contributed by atoms with E-state index in [1.807, 2.05) is 7.05 Å². The van der Waals surface area contributed by atoms with Crippen molar-refractivity contribution in [3.63, 3.8) is 0 Å². The Morgan fingerprint density at radius 3 is 2.48 bits per heavy atom. The third-order valence-electron chi connectivity index (χ3n) is 3.84. The van der Waals surface area contributed by atoms with Gasteiger partial charge < -0.3 is 5.32 Å². The van der Waals surface area contributed by atoms with Crippen LogP contribution in [-0.2, 0) is 6.42 Å². The third-order valence-corrected chi connectivity index (χ3v) is 4.70. The van der Waals surface area contributed by atoms with Crippen molar-refractivity contribution in [2.24, 2.45) is 5.92 Å². The van der Waals surface area contributed by atoms with Crippen molar-refractivity contribution < 1.29 is 0 Å². The predicted molar refractivity (Wildman–Crippen MR) is 94.8 cm³/mol. The average molecular weight is 346 g/mol. The molecule has 0 saturated heterocycles. The van der Waals surface area contributed by atoms with E-state index in [2.05, 4.69) is 84.5 Å². The summed E-state index contributed by atoms with van der Waals surface area (Å²) in [7, 11) is 2.03. The summed E-state index contributed by atoms with van der Waals surface area (Å²) in [6.45, 7) is 6.70. The van der Waals surface area contributed by atoms with E-state index >= 15 is 0 Å². The van der Waals surface area contributed by atoms with Crippen molar-refractivity contribution in [1.29, 1.82) is 0 Å². The molecule has 0 aliphatic carbocycles. The Bertz CT molecular complexity index is 604. The minimum Gasteiger partial charge on any atom is -0.309 e. The maximum atomic E-state index is 3.64. The second-order valence-electron chi connectivity index (χ2n) is 6.02. The first-order chi connectivity index (χ1) is 10.0. The van der Waals surface area contributed by atoms with E-state index in [1.54, 1.807) is 0 Å². The fourth-order valence-corrected chi connectivity index (χ4v) is 3.19. The summed E-state index contributed by atoms with van der Waals surface area (Å²) in [5, 5.41) is 3.46. The van der Waals surface area contributed by atoms with E-state index in [1.165, 1.54) is 26.7 Å². The highest BCUT2D eigenvalue weighted by Gasteiger charge is 2.15. The number of nitrogens with one attached hydrogen (secondary N) is 1. The number of benzene rings is 2. The number of hydrogen-bond donors (Lipinski definition) is 1. The molecule has 0 aromatic heterocycles. The first-order valence-electron chi connectivity index (χ1n) is 7.54. The zero-order chi connectivity index (χ0) is 15.4. The van der Waals surface area contributed by atoms with Gasteiger partial charge in [-0.1, -0.05) is 66.2 Å². The van der Waals surface area contributed by atoms with Gasteiger partial charge in [0.15, 0.2) is 0 Å². The van der Waals surface area contributed by atoms with Crippen LogP contribution in [0.15, 0.2) is 46.9 Å². The number of rotatable bonds is 5. The van der Waals surface area contributed by atoms with E-state index < -0.39 is 0 Å². The molecule has 2 aromatic rings. The van der Waals surface area contributed by atoms with Crippen molar-refractivity contribution in [3.8, 4) is 0 Å². The molecule has 1 nitrogen and oxygen atoms in total. The van der Waals surface area contributed by atoms with Crippen LogP contribution in [0.25, 0.3) is 0 Å². The highest BCUT2D eigenvalue weighted by atomic mass is 79.9. The first-order valence-corrected chi connectivity index (χ1v) is 8.33. The van der Waals surface area contributed by atoms with Crippen LogP contribution in [0.3, 0.4) is 0 Å². The lowest BCUT2D eigenvalue weighted by atomic mass is 9.92. The maximum absolute atomic E-state index is 3.64. The molecule has 2 heteroatoms. The minimum absolute atomic E-state index is 0.231. The molecule has 0 fully saturated rings. The first kappa shape index (κ1) is 16.3. The van der Waals surface area contributed by atoms with Gasteiger partial charge in [0.25, 0.3) is 0 Å². The van der Waals surface area contributed by atoms with Crippen molar-refractivity contribution in [1.82, 2.24) is 5.32 Å². The SMILES string of the molecule is CNC(c1cccc(CC(C)C)c1)c1cccc(Br)c1C. The minimum atomic E-state index is 0.231. The Morgan fingerprint density at radius 1 is 1.10 bits per heavy atom. The van der Waals surface area contributed by atoms with Gasteiger partial charge in [-0.3, -0.25) is 0 Å². The summed E-state index contributed by atoms with van der Waals surface area (Å²) in [6, 6.07) is 15.6. The third kappa shape index (κ3) is 3.96. The van der Waals surface area contributed by atoms with Gasteiger partial charge >= 0.3 is 0 Å². The molecule has 112 valence electrons. The summed E-state index contributed by atoms with van der Waals surface area (Å²) < 4.78 is 1.17. The summed E-state index contributed by atoms with van der Waals surface area (Å²) >= 11 is 3.64. The zero-order valence-electron chi connectivity index (χ0n) is 13.3. The second kappa shape index (κ2) is 7.24. The van der Waals surface area contributed by atoms with Crippen molar-refractivity contribution >= 4 is 15.9 Å². The fraction of sp³-hybridized carbons (Fsp3) is 0.368. The lowest BCUT2D eigenvalue weighted by Gasteiger charge is -2.21. The number of hydrogen-bond acceptors (Lipinski definition) is 1. The van der Waals surface area contributed by atoms with E-state index in [0.29, 0.717) is 5.92 Å². The molecular formula is C19H24BrN. The summed E-state index contributed by atoms with van der Waals surface area (Å²) in [5.41, 5.74) is 5.37. The van der Waals surface area contributed by atoms with Gasteiger partial charge in [0.05, 0.1) is 6.04 Å². The molecule has 0 bridgehead atoms. The van der Waals surface area contributed by atoms with Crippen LogP contribution in [0.1, 0.15) is 42.1 Å². The van der Waals surface area contributed by atoms with Gasteiger partial charge in [-0.15, -0.1) is 0 Å². The molecular weight excluding hydrogens is 322 g/mol. The Balaban J connectivity index is 2.39. The van der Waals surface area contributed by atoms with Gasteiger partial charge in [-0.2, -0.15) is 0 Å². The largest absolute Gasteiger partial charge is 0.309 e. The second-order valence-corrected chi connectivity index (χ2v) is 6.87. The smallest absolute Gasteiger partial charge is 0.0577 e. The zero-order valence-corrected chi connectivity index (χ0v) is 14.9. The molecule has 0 saturated carbocycles. The molecule has 21 heavy (non-hydrogen) atoms. The Kier molecular flexibility index (Phi) is 5.60. The molecule has 0 radical (unpaired) electrons. The average Bonchev–Trinajstić information content (AvgIpc) is 2.44. The molecule has 1 unspecified atom stereocenters. The molecule has 2 aromatic carbocycles. The van der Waals surface area contributed by atoms with Crippen molar-refractivity contribution in [2.45, 2.75) is 33.2 Å². The molecule has 1 N–H and O–H groups in total. The molecule has 0 amide bonds. The van der Waals surface area contributed by atoms with Gasteiger partial charge in [0, 0.05) is 4.47 Å². The molecule has 0 heterocycles.